The Morgan fingerprint density at radius 2 is 2.32 bits per heavy atom. The van der Waals surface area contributed by atoms with E-state index in [0.29, 0.717) is 6.61 Å². The van der Waals surface area contributed by atoms with Crippen molar-refractivity contribution in [3.63, 3.8) is 0 Å². The van der Waals surface area contributed by atoms with E-state index >= 15 is 0 Å². The molecule has 1 aliphatic heterocycles. The van der Waals surface area contributed by atoms with Crippen molar-refractivity contribution in [1.29, 1.82) is 0 Å². The number of aromatic nitrogens is 3. The molecule has 0 bridgehead atoms. The monoisotopic (exact) mass is 296 g/mol. The van der Waals surface area contributed by atoms with E-state index in [1.807, 2.05) is 19.3 Å². The van der Waals surface area contributed by atoms with Crippen LogP contribution >= 0.6 is 0 Å². The van der Waals surface area contributed by atoms with Gasteiger partial charge in [0.05, 0.1) is 19.3 Å². The van der Waals surface area contributed by atoms with Crippen LogP contribution in [-0.4, -0.2) is 39.6 Å². The summed E-state index contributed by atoms with van der Waals surface area (Å²) in [4.78, 5) is 13.5. The molecule has 1 atom stereocenters. The lowest BCUT2D eigenvalue weighted by molar-refractivity contribution is -0.0156. The van der Waals surface area contributed by atoms with E-state index in [9.17, 15) is 0 Å². The molecule has 2 N–H and O–H groups in total. The second-order valence-corrected chi connectivity index (χ2v) is 5.91. The minimum Gasteiger partial charge on any atom is -0.378 e. The molecule has 5 heteroatoms. The molecular formula is C17H20N4O. The Morgan fingerprint density at radius 3 is 3.18 bits per heavy atom. The first kappa shape index (κ1) is 13.5. The summed E-state index contributed by atoms with van der Waals surface area (Å²) in [5.74, 6) is 1.000. The van der Waals surface area contributed by atoms with Gasteiger partial charge in [0.25, 0.3) is 0 Å². The molecule has 4 rings (SSSR count). The van der Waals surface area contributed by atoms with E-state index in [2.05, 4.69) is 44.1 Å². The molecule has 2 aromatic heterocycles. The summed E-state index contributed by atoms with van der Waals surface area (Å²) in [5.41, 5.74) is 3.60. The summed E-state index contributed by atoms with van der Waals surface area (Å²) < 4.78 is 5.66. The van der Waals surface area contributed by atoms with Crippen LogP contribution in [0.15, 0.2) is 36.7 Å². The van der Waals surface area contributed by atoms with E-state index in [1.165, 1.54) is 16.5 Å². The number of morpholine rings is 1. The zero-order chi connectivity index (χ0) is 14.9. The summed E-state index contributed by atoms with van der Waals surface area (Å²) in [5, 5.41) is 1.26. The van der Waals surface area contributed by atoms with Crippen molar-refractivity contribution in [3.8, 4) is 0 Å². The predicted octanol–water partition coefficient (Wildman–Crippen LogP) is 2.77. The quantitative estimate of drug-likeness (QED) is 0.781. The minimum absolute atomic E-state index is 0.198. The van der Waals surface area contributed by atoms with Crippen molar-refractivity contribution < 1.29 is 4.74 Å². The lowest BCUT2D eigenvalue weighted by Crippen LogP contribution is -2.39. The molecule has 0 spiro atoms. The fourth-order valence-electron chi connectivity index (χ4n) is 3.12. The maximum Gasteiger partial charge on any atom is 0.126 e. The number of benzene rings is 1. The van der Waals surface area contributed by atoms with Crippen LogP contribution in [-0.2, 0) is 11.3 Å². The van der Waals surface area contributed by atoms with Crippen molar-refractivity contribution in [2.24, 2.45) is 0 Å². The zero-order valence-electron chi connectivity index (χ0n) is 12.7. The summed E-state index contributed by atoms with van der Waals surface area (Å²) in [6, 6.07) is 8.91. The normalized spacial score (nSPS) is 19.8. The number of rotatable bonds is 3. The molecule has 0 amide bonds. The molecule has 0 saturated carbocycles. The molecule has 1 unspecified atom stereocenters. The van der Waals surface area contributed by atoms with Crippen LogP contribution in [0.2, 0.25) is 0 Å². The van der Waals surface area contributed by atoms with Crippen molar-refractivity contribution >= 4 is 10.9 Å². The van der Waals surface area contributed by atoms with E-state index in [1.54, 1.807) is 0 Å². The average molecular weight is 296 g/mol. The highest BCUT2D eigenvalue weighted by Crippen LogP contribution is 2.25. The van der Waals surface area contributed by atoms with Gasteiger partial charge in [-0.15, -0.1) is 0 Å². The number of nitrogens with zero attached hydrogens (tertiary/aromatic N) is 2. The van der Waals surface area contributed by atoms with Crippen molar-refractivity contribution in [2.75, 3.05) is 19.8 Å². The highest BCUT2D eigenvalue weighted by molar-refractivity contribution is 5.79. The molecule has 1 saturated heterocycles. The molecule has 1 fully saturated rings. The van der Waals surface area contributed by atoms with E-state index in [4.69, 9.17) is 4.74 Å². The summed E-state index contributed by atoms with van der Waals surface area (Å²) >= 11 is 0. The van der Waals surface area contributed by atoms with Gasteiger partial charge in [0.1, 0.15) is 5.82 Å². The molecule has 3 heterocycles. The van der Waals surface area contributed by atoms with Gasteiger partial charge in [0, 0.05) is 36.7 Å². The molecule has 1 aromatic carbocycles. The molecule has 0 aliphatic carbocycles. The lowest BCUT2D eigenvalue weighted by Gasteiger charge is -2.34. The van der Waals surface area contributed by atoms with Gasteiger partial charge in [-0.1, -0.05) is 6.07 Å². The Kier molecular flexibility index (Phi) is 3.44. The molecule has 0 radical (unpaired) electrons. The van der Waals surface area contributed by atoms with Crippen LogP contribution in [0.1, 0.15) is 23.1 Å². The Hall–Kier alpha value is -2.11. The van der Waals surface area contributed by atoms with Gasteiger partial charge < -0.3 is 14.7 Å². The summed E-state index contributed by atoms with van der Waals surface area (Å²) in [6.45, 7) is 5.34. The zero-order valence-corrected chi connectivity index (χ0v) is 12.7. The number of hydrogen-bond acceptors (Lipinski definition) is 3. The SMILES string of the molecule is Cc1cnc(C2COCCN2Cc2ccc3[nH]ccc3c2)[nH]1. The topological polar surface area (TPSA) is 56.9 Å². The maximum absolute atomic E-state index is 5.66. The number of ether oxygens (including phenoxy) is 1. The third kappa shape index (κ3) is 2.53. The predicted molar refractivity (Wildman–Crippen MR) is 85.6 cm³/mol. The standard InChI is InChI=1S/C17H20N4O/c1-12-9-19-17(20-12)16-11-22-7-6-21(16)10-13-2-3-15-14(8-13)4-5-18-15/h2-5,8-9,16,18H,6-7,10-11H2,1H3,(H,19,20). The Balaban J connectivity index is 1.58. The highest BCUT2D eigenvalue weighted by atomic mass is 16.5. The molecule has 3 aromatic rings. The first-order chi connectivity index (χ1) is 10.8. The Bertz CT molecular complexity index is 776. The van der Waals surface area contributed by atoms with Crippen molar-refractivity contribution in [3.05, 3.63) is 53.7 Å². The second-order valence-electron chi connectivity index (χ2n) is 5.91. The average Bonchev–Trinajstić information content (AvgIpc) is 3.16. The number of H-pyrrole nitrogens is 2. The largest absolute Gasteiger partial charge is 0.378 e. The van der Waals surface area contributed by atoms with Crippen LogP contribution in [0.3, 0.4) is 0 Å². The number of aryl methyl sites for hydroxylation is 1. The van der Waals surface area contributed by atoms with Crippen molar-refractivity contribution in [2.45, 2.75) is 19.5 Å². The summed E-state index contributed by atoms with van der Waals surface area (Å²) in [7, 11) is 0. The first-order valence-corrected chi connectivity index (χ1v) is 7.69. The van der Waals surface area contributed by atoms with Gasteiger partial charge in [0.2, 0.25) is 0 Å². The fraction of sp³-hybridized carbons (Fsp3) is 0.353. The van der Waals surface area contributed by atoms with Crippen LogP contribution in [0, 0.1) is 6.92 Å². The number of fused-ring (bicyclic) bond motifs is 1. The van der Waals surface area contributed by atoms with Gasteiger partial charge in [-0.3, -0.25) is 4.90 Å². The van der Waals surface area contributed by atoms with Gasteiger partial charge in [-0.25, -0.2) is 4.98 Å². The number of imidazole rings is 1. The van der Waals surface area contributed by atoms with Crippen molar-refractivity contribution in [1.82, 2.24) is 19.9 Å². The molecular weight excluding hydrogens is 276 g/mol. The van der Waals surface area contributed by atoms with Crippen LogP contribution in [0.4, 0.5) is 0 Å². The van der Waals surface area contributed by atoms with Gasteiger partial charge in [-0.05, 0) is 36.1 Å². The van der Waals surface area contributed by atoms with Crippen LogP contribution in [0.25, 0.3) is 10.9 Å². The van der Waals surface area contributed by atoms with Gasteiger partial charge in [-0.2, -0.15) is 0 Å². The summed E-state index contributed by atoms with van der Waals surface area (Å²) in [6.07, 6.45) is 3.87. The van der Waals surface area contributed by atoms with Crippen LogP contribution < -0.4 is 0 Å². The lowest BCUT2D eigenvalue weighted by atomic mass is 10.1. The second kappa shape index (κ2) is 5.59. The molecule has 114 valence electrons. The van der Waals surface area contributed by atoms with Gasteiger partial charge in [0.15, 0.2) is 0 Å². The smallest absolute Gasteiger partial charge is 0.126 e. The van der Waals surface area contributed by atoms with E-state index in [0.717, 1.165) is 31.2 Å². The third-order valence-corrected chi connectivity index (χ3v) is 4.28. The Labute approximate surface area is 129 Å². The molecule has 1 aliphatic rings. The third-order valence-electron chi connectivity index (χ3n) is 4.28. The number of aromatic amines is 2. The first-order valence-electron chi connectivity index (χ1n) is 7.69. The number of hydrogen-bond donors (Lipinski definition) is 2. The fourth-order valence-corrected chi connectivity index (χ4v) is 3.12. The van der Waals surface area contributed by atoms with Crippen LogP contribution in [0.5, 0.6) is 0 Å². The maximum atomic E-state index is 5.66. The molecule has 22 heavy (non-hydrogen) atoms. The Morgan fingerprint density at radius 1 is 1.36 bits per heavy atom. The number of nitrogens with one attached hydrogen (secondary N) is 2. The minimum atomic E-state index is 0.198. The van der Waals surface area contributed by atoms with E-state index < -0.39 is 0 Å². The van der Waals surface area contributed by atoms with Gasteiger partial charge >= 0.3 is 0 Å². The van der Waals surface area contributed by atoms with E-state index in [-0.39, 0.29) is 6.04 Å². The highest BCUT2D eigenvalue weighted by Gasteiger charge is 2.26. The molecule has 5 nitrogen and oxygen atoms in total.